The Morgan fingerprint density at radius 1 is 0.904 bits per heavy atom. The maximum atomic E-state index is 14.6. The molecule has 1 aliphatic carbocycles. The van der Waals surface area contributed by atoms with Crippen molar-refractivity contribution in [1.29, 1.82) is 0 Å². The van der Waals surface area contributed by atoms with Crippen molar-refractivity contribution in [2.75, 3.05) is 54.8 Å². The maximum absolute atomic E-state index is 14.6. The molecule has 4 rings (SSSR count). The summed E-state index contributed by atoms with van der Waals surface area (Å²) in [6, 6.07) is -1.11. The number of piperidine rings is 1. The van der Waals surface area contributed by atoms with Crippen LogP contribution in [0.5, 0.6) is 0 Å². The number of hydrogen-bond donors (Lipinski definition) is 3. The Kier molecular flexibility index (Phi) is 25.2. The molecule has 15 atom stereocenters. The highest BCUT2D eigenvalue weighted by molar-refractivity contribution is 6.39. The van der Waals surface area contributed by atoms with E-state index < -0.39 is 90.3 Å². The Bertz CT molecular complexity index is 1960. The number of fused-ring (bicyclic) bond motifs is 3. The molecule has 0 aromatic heterocycles. The molecule has 0 aromatic carbocycles. The van der Waals surface area contributed by atoms with Gasteiger partial charge in [-0.3, -0.25) is 14.4 Å². The molecule has 3 aliphatic heterocycles. The normalized spacial score (nSPS) is 37.2. The van der Waals surface area contributed by atoms with Crippen LogP contribution in [0.25, 0.3) is 0 Å². The Balaban J connectivity index is 1.68. The van der Waals surface area contributed by atoms with E-state index in [4.69, 9.17) is 43.0 Å². The second-order valence-corrected chi connectivity index (χ2v) is 20.9. The molecular weight excluding hydrogens is 943 g/mol. The summed E-state index contributed by atoms with van der Waals surface area (Å²) < 4.78 is 47.0. The molecule has 73 heavy (non-hydrogen) atoms. The molecule has 2 saturated heterocycles. The van der Waals surface area contributed by atoms with Gasteiger partial charge in [0.25, 0.3) is 11.7 Å². The highest BCUT2D eigenvalue weighted by Crippen LogP contribution is 2.38. The van der Waals surface area contributed by atoms with Crippen LogP contribution < -0.4 is 0 Å². The minimum absolute atomic E-state index is 0.00493. The third-order valence-corrected chi connectivity index (χ3v) is 15.4. The highest BCUT2D eigenvalue weighted by atomic mass is 16.6. The zero-order valence-corrected chi connectivity index (χ0v) is 45.2. The molecule has 3 N–H and O–H groups in total. The van der Waals surface area contributed by atoms with E-state index in [0.717, 1.165) is 12.0 Å². The van der Waals surface area contributed by atoms with Gasteiger partial charge >= 0.3 is 11.9 Å². The van der Waals surface area contributed by atoms with Gasteiger partial charge < -0.3 is 58.1 Å². The summed E-state index contributed by atoms with van der Waals surface area (Å²) >= 11 is 0. The van der Waals surface area contributed by atoms with E-state index in [1.165, 1.54) is 19.1 Å². The largest absolute Gasteiger partial charge is 0.499 e. The van der Waals surface area contributed by atoms with Gasteiger partial charge in [0.2, 0.25) is 5.79 Å². The molecule has 17 nitrogen and oxygen atoms in total. The average molecular weight is 1030 g/mol. The quantitative estimate of drug-likeness (QED) is 0.0740. The minimum atomic E-state index is -2.43. The number of aliphatic carboxylic acids is 1. The Labute approximate surface area is 433 Å². The molecule has 0 aromatic rings. The number of aliphatic hydroxyl groups is 2. The third-order valence-electron chi connectivity index (χ3n) is 15.4. The van der Waals surface area contributed by atoms with Gasteiger partial charge in [0.15, 0.2) is 5.78 Å². The molecule has 1 amide bonds. The fraction of sp³-hybridized carbons (Fsp3) is 0.732. The molecule has 1 unspecified atom stereocenters. The third kappa shape index (κ3) is 17.5. The van der Waals surface area contributed by atoms with Crippen molar-refractivity contribution in [1.82, 2.24) is 4.90 Å². The van der Waals surface area contributed by atoms with Gasteiger partial charge in [0, 0.05) is 52.6 Å². The maximum Gasteiger partial charge on any atom is 0.329 e. The van der Waals surface area contributed by atoms with Crippen molar-refractivity contribution in [3.63, 3.8) is 0 Å². The monoisotopic (exact) mass is 1030 g/mol. The highest BCUT2D eigenvalue weighted by Gasteiger charge is 2.53. The zero-order chi connectivity index (χ0) is 54.0. The summed E-state index contributed by atoms with van der Waals surface area (Å²) in [6.07, 6.45) is 12.4. The predicted molar refractivity (Wildman–Crippen MR) is 273 cm³/mol. The van der Waals surface area contributed by atoms with Gasteiger partial charge in [-0.05, 0) is 106 Å². The standard InChI is InChI=1S/C56H87NO16/c1-34-17-13-12-14-18-35(2)45(66-8)32-42-22-20-40(7)56(65,73-42)53(62)54(63)57-24-16-15-19-43(57)55(64)72-46(29-36(3)37(4)30-48(68-10)51(61)52(69-11)50(60)39(6)27-34)38(5)28-41-21-23-44(47(31-41)67-9)71-26-25-70-33-49(58)59/h12-14,17-18,30,34,37-47,51-52,61,65H,3,15-16,19-29,31-33H2,1-2,4-11H3,(H,58,59)/b14-12+,17-13+,35-18+,48-30-/t34-,37-,38+,39-,40-,41-,42+,43?,44-,45+,46+,47-,51-,52+,56-/m1/s1. The number of carboxylic acid groups (broad SMARTS) is 1. The number of carboxylic acids is 1. The van der Waals surface area contributed by atoms with Gasteiger partial charge in [-0.1, -0.05) is 77.2 Å². The second-order valence-electron chi connectivity index (χ2n) is 20.9. The van der Waals surface area contributed by atoms with Gasteiger partial charge in [0.05, 0.1) is 44.7 Å². The molecule has 3 fully saturated rings. The molecular formula is C56H87NO16. The number of esters is 1. The fourth-order valence-electron chi connectivity index (χ4n) is 10.7. The van der Waals surface area contributed by atoms with Crippen LogP contribution in [0, 0.1) is 35.5 Å². The van der Waals surface area contributed by atoms with Crippen LogP contribution in [0.1, 0.15) is 119 Å². The van der Waals surface area contributed by atoms with E-state index in [1.807, 2.05) is 65.0 Å². The molecule has 0 radical (unpaired) electrons. The van der Waals surface area contributed by atoms with E-state index in [0.29, 0.717) is 63.4 Å². The second kappa shape index (κ2) is 29.9. The van der Waals surface area contributed by atoms with E-state index in [1.54, 1.807) is 27.2 Å². The first-order chi connectivity index (χ1) is 34.7. The molecule has 17 heteroatoms. The zero-order valence-electron chi connectivity index (χ0n) is 45.2. The lowest BCUT2D eigenvalue weighted by Gasteiger charge is -2.42. The molecule has 1 saturated carbocycles. The van der Waals surface area contributed by atoms with Gasteiger partial charge in [0.1, 0.15) is 36.7 Å². The van der Waals surface area contributed by atoms with Crippen LogP contribution in [0.15, 0.2) is 59.9 Å². The number of aliphatic hydroxyl groups excluding tert-OH is 1. The van der Waals surface area contributed by atoms with Gasteiger partial charge in [-0.2, -0.15) is 0 Å². The molecule has 0 spiro atoms. The number of hydrogen-bond acceptors (Lipinski definition) is 15. The number of nitrogens with zero attached hydrogens (tertiary/aromatic N) is 1. The topological polar surface area (TPSA) is 223 Å². The number of methoxy groups -OCH3 is 4. The Morgan fingerprint density at radius 2 is 1.64 bits per heavy atom. The summed E-state index contributed by atoms with van der Waals surface area (Å²) in [5.41, 5.74) is 1.52. The van der Waals surface area contributed by atoms with Crippen molar-refractivity contribution in [3.05, 3.63) is 59.9 Å². The van der Waals surface area contributed by atoms with Crippen molar-refractivity contribution in [2.24, 2.45) is 35.5 Å². The first kappa shape index (κ1) is 61.5. The van der Waals surface area contributed by atoms with Crippen LogP contribution in [-0.2, 0) is 61.9 Å². The van der Waals surface area contributed by atoms with Crippen LogP contribution in [0.2, 0.25) is 0 Å². The van der Waals surface area contributed by atoms with Crippen molar-refractivity contribution in [3.8, 4) is 0 Å². The fourth-order valence-corrected chi connectivity index (χ4v) is 10.7. The first-order valence-electron chi connectivity index (χ1n) is 26.3. The number of allylic oxidation sites excluding steroid dienone is 6. The summed E-state index contributed by atoms with van der Waals surface area (Å²) in [5.74, 6) is -8.18. The van der Waals surface area contributed by atoms with Crippen LogP contribution >= 0.6 is 0 Å². The summed E-state index contributed by atoms with van der Waals surface area (Å²) in [4.78, 5) is 69.3. The van der Waals surface area contributed by atoms with E-state index in [-0.39, 0.29) is 74.1 Å². The Hall–Kier alpha value is -4.07. The van der Waals surface area contributed by atoms with E-state index in [2.05, 4.69) is 6.58 Å². The van der Waals surface area contributed by atoms with Crippen LogP contribution in [0.4, 0.5) is 0 Å². The number of amides is 1. The number of Topliss-reactive ketones (excluding diaryl/α,β-unsaturated/α-hetero) is 2. The first-order valence-corrected chi connectivity index (χ1v) is 26.3. The van der Waals surface area contributed by atoms with Crippen molar-refractivity contribution >= 4 is 29.4 Å². The molecule has 3 heterocycles. The van der Waals surface area contributed by atoms with Crippen LogP contribution in [0.3, 0.4) is 0 Å². The van der Waals surface area contributed by atoms with Gasteiger partial charge in [-0.15, -0.1) is 0 Å². The SMILES string of the molecule is C=C1C[C@@H]([C@@H](C)C[C@H]2CC[C@@H](OCCOCC(=O)O)[C@H](OC)C2)OC(=O)C2CCCCN2C(=O)C(=O)[C@]2(O)O[C@@H](CC[C@H]2C)C[C@H](OC)/C(C)=C/C=C/C=C/[C@@H](C)C[C@@H](C)C(=O)[C@H](OC)[C@H](O)/C(OC)=C/[C@H]1C. The van der Waals surface area contributed by atoms with E-state index in [9.17, 15) is 34.2 Å². The predicted octanol–water partition coefficient (Wildman–Crippen LogP) is 6.88. The molecule has 2 bridgehead atoms. The lowest BCUT2D eigenvalue weighted by Crippen LogP contribution is -2.61. The average Bonchev–Trinajstić information content (AvgIpc) is 3.36. The lowest BCUT2D eigenvalue weighted by molar-refractivity contribution is -0.265. The van der Waals surface area contributed by atoms with E-state index >= 15 is 0 Å². The number of ketones is 2. The number of carbonyl (C=O) groups excluding carboxylic acids is 4. The van der Waals surface area contributed by atoms with Crippen molar-refractivity contribution < 1.29 is 77.2 Å². The van der Waals surface area contributed by atoms with Crippen molar-refractivity contribution in [2.45, 2.75) is 173 Å². The number of rotatable bonds is 13. The number of cyclic esters (lactones) is 1. The smallest absolute Gasteiger partial charge is 0.329 e. The number of carbonyl (C=O) groups is 5. The number of ether oxygens (including phenoxy) is 8. The van der Waals surface area contributed by atoms with Gasteiger partial charge in [-0.25, -0.2) is 9.59 Å². The molecule has 4 aliphatic rings. The summed E-state index contributed by atoms with van der Waals surface area (Å²) in [5, 5.41) is 32.6. The lowest BCUT2D eigenvalue weighted by atomic mass is 9.78. The molecule has 412 valence electrons. The Morgan fingerprint density at radius 3 is 2.32 bits per heavy atom. The minimum Gasteiger partial charge on any atom is -0.499 e. The summed E-state index contributed by atoms with van der Waals surface area (Å²) in [6.45, 7) is 15.7. The van der Waals surface area contributed by atoms with Crippen LogP contribution in [-0.4, -0.2) is 159 Å². The summed E-state index contributed by atoms with van der Waals surface area (Å²) in [7, 11) is 6.00.